The maximum atomic E-state index is 3.37. The van der Waals surface area contributed by atoms with Gasteiger partial charge in [0, 0.05) is 10.8 Å². The van der Waals surface area contributed by atoms with Gasteiger partial charge in [0.05, 0.1) is 0 Å². The van der Waals surface area contributed by atoms with Crippen LogP contribution in [-0.4, -0.2) is 3.21 Å². The molecule has 0 radical (unpaired) electrons. The van der Waals surface area contributed by atoms with Crippen LogP contribution in [0.1, 0.15) is 129 Å². The third-order valence-corrected chi connectivity index (χ3v) is 13.0. The minimum atomic E-state index is 0. The fraction of sp³-hybridized carbons (Fsp3) is 0.404. The van der Waals surface area contributed by atoms with Gasteiger partial charge in [-0.2, -0.15) is 11.6 Å². The second kappa shape index (κ2) is 15.8. The van der Waals surface area contributed by atoms with Crippen LogP contribution < -0.4 is 24.8 Å². The van der Waals surface area contributed by atoms with Crippen molar-refractivity contribution in [2.24, 2.45) is 11.3 Å². The smallest absolute Gasteiger partial charge is 1.00 e. The van der Waals surface area contributed by atoms with Crippen LogP contribution in [0.3, 0.4) is 0 Å². The Morgan fingerprint density at radius 2 is 1.28 bits per heavy atom. The average molecular weight is 781 g/mol. The second-order valence-electron chi connectivity index (χ2n) is 16.3. The third kappa shape index (κ3) is 8.07. The van der Waals surface area contributed by atoms with E-state index in [0.29, 0.717) is 11.3 Å². The molecule has 1 fully saturated rings. The van der Waals surface area contributed by atoms with Crippen molar-refractivity contribution in [2.75, 3.05) is 0 Å². The molecule has 1 unspecified atom stereocenters. The quantitative estimate of drug-likeness (QED) is 0.194. The van der Waals surface area contributed by atoms with E-state index >= 15 is 0 Å². The van der Waals surface area contributed by atoms with Gasteiger partial charge in [0.2, 0.25) is 0 Å². The minimum absolute atomic E-state index is 0. The molecule has 4 aliphatic rings. The molecule has 0 heterocycles. The molecule has 0 aromatic heterocycles. The number of hydrogen-bond donors (Lipinski definition) is 0. The zero-order valence-corrected chi connectivity index (χ0v) is 35.6. The Kier molecular flexibility index (Phi) is 12.8. The maximum Gasteiger partial charge on any atom is -1.00 e. The van der Waals surface area contributed by atoms with Gasteiger partial charge < -0.3 is 24.8 Å². The molecule has 50 heavy (non-hydrogen) atoms. The summed E-state index contributed by atoms with van der Waals surface area (Å²) >= 11 is 1.54. The molecule has 8 rings (SSSR count). The summed E-state index contributed by atoms with van der Waals surface area (Å²) in [7, 11) is 0. The van der Waals surface area contributed by atoms with Crippen LogP contribution in [0.5, 0.6) is 0 Å². The van der Waals surface area contributed by atoms with Crippen LogP contribution in [0.25, 0.3) is 32.7 Å². The molecule has 0 spiro atoms. The molecular formula is C47H54Cl2Zr-2. The number of fused-ring (bicyclic) bond motifs is 5. The van der Waals surface area contributed by atoms with Crippen molar-refractivity contribution in [1.29, 1.82) is 0 Å². The monoisotopic (exact) mass is 778 g/mol. The van der Waals surface area contributed by atoms with Crippen molar-refractivity contribution in [3.63, 3.8) is 0 Å². The van der Waals surface area contributed by atoms with Gasteiger partial charge in [-0.05, 0) is 36.1 Å². The van der Waals surface area contributed by atoms with Crippen LogP contribution in [0.4, 0.5) is 0 Å². The van der Waals surface area contributed by atoms with Crippen molar-refractivity contribution in [3.8, 4) is 0 Å². The first-order valence-electron chi connectivity index (χ1n) is 18.3. The molecular weight excluding hydrogens is 727 g/mol. The normalized spacial score (nSPS) is 20.1. The van der Waals surface area contributed by atoms with E-state index in [0.717, 1.165) is 0 Å². The Labute approximate surface area is 330 Å². The Morgan fingerprint density at radius 3 is 1.72 bits per heavy atom. The van der Waals surface area contributed by atoms with Gasteiger partial charge in [0.15, 0.2) is 0 Å². The van der Waals surface area contributed by atoms with E-state index in [9.17, 15) is 0 Å². The molecule has 4 aliphatic carbocycles. The van der Waals surface area contributed by atoms with Crippen molar-refractivity contribution in [3.05, 3.63) is 124 Å². The van der Waals surface area contributed by atoms with Crippen molar-refractivity contribution in [1.82, 2.24) is 0 Å². The largest absolute Gasteiger partial charge is 1.00 e. The van der Waals surface area contributed by atoms with Crippen LogP contribution >= 0.6 is 0 Å². The Hall–Kier alpha value is -2.18. The summed E-state index contributed by atoms with van der Waals surface area (Å²) in [6.45, 7) is 20.6. The zero-order chi connectivity index (χ0) is 34.4. The molecule has 4 aromatic carbocycles. The summed E-state index contributed by atoms with van der Waals surface area (Å²) in [6.07, 6.45) is 21.0. The first kappa shape index (κ1) is 40.6. The summed E-state index contributed by atoms with van der Waals surface area (Å²) in [5.41, 5.74) is 12.3. The van der Waals surface area contributed by atoms with E-state index in [1.807, 2.05) is 0 Å². The van der Waals surface area contributed by atoms with E-state index in [1.165, 1.54) is 123 Å². The Balaban J connectivity index is 0.000000190. The van der Waals surface area contributed by atoms with E-state index in [4.69, 9.17) is 0 Å². The van der Waals surface area contributed by atoms with Gasteiger partial charge in [-0.25, -0.2) is 6.08 Å². The number of rotatable bonds is 3. The summed E-state index contributed by atoms with van der Waals surface area (Å²) in [6, 6.07) is 22.7. The zero-order valence-electron chi connectivity index (χ0n) is 31.7. The van der Waals surface area contributed by atoms with Crippen LogP contribution in [-0.2, 0) is 35.1 Å². The fourth-order valence-electron chi connectivity index (χ4n) is 8.64. The molecule has 1 saturated carbocycles. The minimum Gasteiger partial charge on any atom is -1.00 e. The molecule has 1 atom stereocenters. The molecule has 0 amide bonds. The van der Waals surface area contributed by atoms with Crippen LogP contribution in [0.15, 0.2) is 90.5 Å². The molecule has 0 aliphatic heterocycles. The predicted octanol–water partition coefficient (Wildman–Crippen LogP) is 7.17. The van der Waals surface area contributed by atoms with E-state index in [-0.39, 0.29) is 35.6 Å². The van der Waals surface area contributed by atoms with Gasteiger partial charge >= 0.3 is 76.7 Å². The summed E-state index contributed by atoms with van der Waals surface area (Å²) in [4.78, 5) is 0. The van der Waals surface area contributed by atoms with Crippen LogP contribution in [0.2, 0.25) is 0 Å². The van der Waals surface area contributed by atoms with Gasteiger partial charge in [-0.15, -0.1) is 39.7 Å². The standard InChI is InChI=1S/C25H25.C13H19.C9H10.2ClH.Zr/c1-14-12-24(3,4)22-8-16-7-17-9-23-19(15(2)13-25(23,5)6)11-21(17)20(16)10-18(14)22;1-11-6-7-12(10-11)13(2)8-4-3-5-9-13;1-2-6-9-7-4-3-5-8-9;;;/h7-13H,1-6H3;7,10-11H,3-5,8-9H2,1-2H3;3-5,7-8H,2H2,1H3;2*1H;/q2*-1;;;;+2/p-2. The molecule has 4 aromatic rings. The van der Waals surface area contributed by atoms with Crippen molar-refractivity contribution >= 4 is 35.9 Å². The SMILES string of the molecule is CC1=CC(C)(C)c2cc3[cH-]c4cc5c(cc4c3cc21)C(C)=CC5(C)C.CC1[C-]=CC(C2(C)CCCCC2)=C1.CC[C](=[Zr+2])c1ccccc1.[Cl-].[Cl-]. The molecule has 0 nitrogen and oxygen atoms in total. The number of allylic oxidation sites excluding steroid dienone is 8. The summed E-state index contributed by atoms with van der Waals surface area (Å²) in [5.74, 6) is 0.550. The topological polar surface area (TPSA) is 0 Å². The number of benzene rings is 3. The van der Waals surface area contributed by atoms with Crippen molar-refractivity contribution in [2.45, 2.75) is 112 Å². The van der Waals surface area contributed by atoms with E-state index < -0.39 is 0 Å². The molecule has 0 saturated heterocycles. The fourth-order valence-corrected chi connectivity index (χ4v) is 9.05. The summed E-state index contributed by atoms with van der Waals surface area (Å²) < 4.78 is 1.55. The van der Waals surface area contributed by atoms with Gasteiger partial charge in [0.25, 0.3) is 0 Å². The van der Waals surface area contributed by atoms with Gasteiger partial charge in [0.1, 0.15) is 0 Å². The molecule has 262 valence electrons. The number of hydrogen-bond acceptors (Lipinski definition) is 0. The Bertz CT molecular complexity index is 1900. The maximum absolute atomic E-state index is 3.37. The van der Waals surface area contributed by atoms with Gasteiger partial charge in [-0.3, -0.25) is 6.08 Å². The number of halogens is 2. The van der Waals surface area contributed by atoms with Crippen LogP contribution in [0, 0.1) is 17.4 Å². The third-order valence-electron chi connectivity index (χ3n) is 11.4. The molecule has 0 N–H and O–H groups in total. The first-order chi connectivity index (χ1) is 22.7. The molecule has 0 bridgehead atoms. The second-order valence-corrected chi connectivity index (χ2v) is 17.7. The summed E-state index contributed by atoms with van der Waals surface area (Å²) in [5, 5.41) is 5.57. The van der Waals surface area contributed by atoms with Gasteiger partial charge in [-0.1, -0.05) is 120 Å². The van der Waals surface area contributed by atoms with E-state index in [1.54, 1.807) is 8.78 Å². The predicted molar refractivity (Wildman–Crippen MR) is 207 cm³/mol. The van der Waals surface area contributed by atoms with Crippen molar-refractivity contribution < 1.29 is 49.0 Å². The first-order valence-corrected chi connectivity index (χ1v) is 19.5. The Morgan fingerprint density at radius 1 is 0.780 bits per heavy atom. The average Bonchev–Trinajstić information content (AvgIpc) is 3.78. The molecule has 3 heteroatoms. The van der Waals surface area contributed by atoms with E-state index in [2.05, 4.69) is 153 Å².